The number of amides is 2. The van der Waals surface area contributed by atoms with Crippen LogP contribution in [0.3, 0.4) is 0 Å². The maximum absolute atomic E-state index is 11.8. The van der Waals surface area contributed by atoms with Crippen molar-refractivity contribution in [2.75, 3.05) is 25.1 Å². The Morgan fingerprint density at radius 2 is 2.33 bits per heavy atom. The molecule has 1 aliphatic rings. The minimum absolute atomic E-state index is 0.101. The highest BCUT2D eigenvalue weighted by Gasteiger charge is 2.18. The molecule has 0 bridgehead atoms. The molecule has 1 atom stereocenters. The number of carbonyl (C=O) groups excluding carboxylic acids is 1. The van der Waals surface area contributed by atoms with Gasteiger partial charge in [0, 0.05) is 6.61 Å². The SMILES string of the molecule is CCOc1ccccc1NC(=O)NC1CCOC1. The molecule has 2 N–H and O–H groups in total. The molecule has 1 unspecified atom stereocenters. The summed E-state index contributed by atoms with van der Waals surface area (Å²) in [4.78, 5) is 11.8. The van der Waals surface area contributed by atoms with Gasteiger partial charge >= 0.3 is 6.03 Å². The van der Waals surface area contributed by atoms with Crippen LogP contribution in [0.2, 0.25) is 0 Å². The summed E-state index contributed by atoms with van der Waals surface area (Å²) in [5, 5.41) is 5.66. The van der Waals surface area contributed by atoms with Gasteiger partial charge in [-0.3, -0.25) is 0 Å². The van der Waals surface area contributed by atoms with Crippen LogP contribution in [0.25, 0.3) is 0 Å². The first-order valence-electron chi connectivity index (χ1n) is 6.16. The molecule has 5 nitrogen and oxygen atoms in total. The fourth-order valence-corrected chi connectivity index (χ4v) is 1.84. The molecule has 0 aromatic heterocycles. The van der Waals surface area contributed by atoms with Crippen LogP contribution in [0.1, 0.15) is 13.3 Å². The van der Waals surface area contributed by atoms with Gasteiger partial charge in [0.15, 0.2) is 0 Å². The number of benzene rings is 1. The van der Waals surface area contributed by atoms with Crippen molar-refractivity contribution in [3.8, 4) is 5.75 Å². The number of ether oxygens (including phenoxy) is 2. The number of para-hydroxylation sites is 2. The highest BCUT2D eigenvalue weighted by molar-refractivity contribution is 5.91. The Hall–Kier alpha value is -1.75. The normalized spacial score (nSPS) is 18.4. The summed E-state index contributed by atoms with van der Waals surface area (Å²) in [6.07, 6.45) is 0.862. The second-order valence-electron chi connectivity index (χ2n) is 4.09. The second-order valence-corrected chi connectivity index (χ2v) is 4.09. The fraction of sp³-hybridized carbons (Fsp3) is 0.462. The molecule has 1 saturated heterocycles. The van der Waals surface area contributed by atoms with Gasteiger partial charge in [-0.25, -0.2) is 4.79 Å². The molecule has 1 heterocycles. The van der Waals surface area contributed by atoms with Crippen LogP contribution < -0.4 is 15.4 Å². The van der Waals surface area contributed by atoms with Crippen LogP contribution in [0, 0.1) is 0 Å². The Bertz CT molecular complexity index is 403. The van der Waals surface area contributed by atoms with Gasteiger partial charge < -0.3 is 20.1 Å². The average molecular weight is 250 g/mol. The summed E-state index contributed by atoms with van der Waals surface area (Å²) in [5.74, 6) is 0.679. The molecule has 0 spiro atoms. The zero-order valence-electron chi connectivity index (χ0n) is 10.4. The summed E-state index contributed by atoms with van der Waals surface area (Å²) in [6.45, 7) is 3.77. The first kappa shape index (κ1) is 12.7. The number of nitrogens with one attached hydrogen (secondary N) is 2. The molecule has 1 aliphatic heterocycles. The van der Waals surface area contributed by atoms with E-state index in [0.717, 1.165) is 6.42 Å². The summed E-state index contributed by atoms with van der Waals surface area (Å²) in [6, 6.07) is 7.25. The van der Waals surface area contributed by atoms with Crippen molar-refractivity contribution in [3.05, 3.63) is 24.3 Å². The third-order valence-corrected chi connectivity index (χ3v) is 2.70. The number of anilines is 1. The van der Waals surface area contributed by atoms with Crippen LogP contribution in [0.4, 0.5) is 10.5 Å². The van der Waals surface area contributed by atoms with Crippen LogP contribution in [0.15, 0.2) is 24.3 Å². The summed E-state index contributed by atoms with van der Waals surface area (Å²) < 4.78 is 10.6. The topological polar surface area (TPSA) is 59.6 Å². The quantitative estimate of drug-likeness (QED) is 0.859. The molecule has 0 radical (unpaired) electrons. The van der Waals surface area contributed by atoms with Crippen molar-refractivity contribution in [1.29, 1.82) is 0 Å². The maximum atomic E-state index is 11.8. The molecule has 2 rings (SSSR count). The molecule has 1 aromatic rings. The van der Waals surface area contributed by atoms with E-state index in [0.29, 0.717) is 31.3 Å². The van der Waals surface area contributed by atoms with E-state index in [1.165, 1.54) is 0 Å². The largest absolute Gasteiger partial charge is 0.492 e. The molecule has 0 saturated carbocycles. The summed E-state index contributed by atoms with van der Waals surface area (Å²) in [7, 11) is 0. The maximum Gasteiger partial charge on any atom is 0.319 e. The first-order chi connectivity index (χ1) is 8.79. The smallest absolute Gasteiger partial charge is 0.319 e. The molecule has 0 aliphatic carbocycles. The highest BCUT2D eigenvalue weighted by atomic mass is 16.5. The number of carbonyl (C=O) groups is 1. The standard InChI is InChI=1S/C13H18N2O3/c1-2-18-12-6-4-3-5-11(12)15-13(16)14-10-7-8-17-9-10/h3-6,10H,2,7-9H2,1H3,(H2,14,15,16). The molecular formula is C13H18N2O3. The fourth-order valence-electron chi connectivity index (χ4n) is 1.84. The zero-order chi connectivity index (χ0) is 12.8. The molecule has 18 heavy (non-hydrogen) atoms. The van der Waals surface area contributed by atoms with E-state index in [1.54, 1.807) is 0 Å². The molecule has 98 valence electrons. The average Bonchev–Trinajstić information content (AvgIpc) is 2.84. The van der Waals surface area contributed by atoms with Gasteiger partial charge in [-0.05, 0) is 25.5 Å². The van der Waals surface area contributed by atoms with Crippen molar-refractivity contribution >= 4 is 11.7 Å². The summed E-state index contributed by atoms with van der Waals surface area (Å²) in [5.41, 5.74) is 0.677. The van der Waals surface area contributed by atoms with Gasteiger partial charge in [0.2, 0.25) is 0 Å². The van der Waals surface area contributed by atoms with E-state index in [1.807, 2.05) is 31.2 Å². The molecule has 5 heteroatoms. The van der Waals surface area contributed by atoms with Gasteiger partial charge in [-0.1, -0.05) is 12.1 Å². The lowest BCUT2D eigenvalue weighted by Gasteiger charge is -2.14. The summed E-state index contributed by atoms with van der Waals surface area (Å²) >= 11 is 0. The van der Waals surface area contributed by atoms with Gasteiger partial charge in [0.05, 0.1) is 24.9 Å². The van der Waals surface area contributed by atoms with Crippen LogP contribution in [-0.2, 0) is 4.74 Å². The second kappa shape index (κ2) is 6.26. The third-order valence-electron chi connectivity index (χ3n) is 2.70. The number of hydrogen-bond donors (Lipinski definition) is 2. The lowest BCUT2D eigenvalue weighted by Crippen LogP contribution is -2.38. The van der Waals surface area contributed by atoms with E-state index < -0.39 is 0 Å². The van der Waals surface area contributed by atoms with Crippen LogP contribution >= 0.6 is 0 Å². The minimum atomic E-state index is -0.224. The Morgan fingerprint density at radius 3 is 3.06 bits per heavy atom. The molecule has 1 aromatic carbocycles. The zero-order valence-corrected chi connectivity index (χ0v) is 10.4. The van der Waals surface area contributed by atoms with Crippen molar-refractivity contribution in [2.24, 2.45) is 0 Å². The number of hydrogen-bond acceptors (Lipinski definition) is 3. The van der Waals surface area contributed by atoms with Crippen molar-refractivity contribution in [3.63, 3.8) is 0 Å². The van der Waals surface area contributed by atoms with Gasteiger partial charge in [-0.15, -0.1) is 0 Å². The van der Waals surface area contributed by atoms with E-state index in [-0.39, 0.29) is 12.1 Å². The Balaban J connectivity index is 1.93. The van der Waals surface area contributed by atoms with E-state index >= 15 is 0 Å². The van der Waals surface area contributed by atoms with Gasteiger partial charge in [-0.2, -0.15) is 0 Å². The monoisotopic (exact) mass is 250 g/mol. The first-order valence-corrected chi connectivity index (χ1v) is 6.16. The van der Waals surface area contributed by atoms with Crippen LogP contribution in [0.5, 0.6) is 5.75 Å². The van der Waals surface area contributed by atoms with Gasteiger partial charge in [0.1, 0.15) is 5.75 Å². The lowest BCUT2D eigenvalue weighted by atomic mass is 10.2. The van der Waals surface area contributed by atoms with Crippen LogP contribution in [-0.4, -0.2) is 31.9 Å². The van der Waals surface area contributed by atoms with Crippen molar-refractivity contribution in [2.45, 2.75) is 19.4 Å². The Kier molecular flexibility index (Phi) is 4.41. The van der Waals surface area contributed by atoms with E-state index in [9.17, 15) is 4.79 Å². The third kappa shape index (κ3) is 3.37. The number of urea groups is 1. The lowest BCUT2D eigenvalue weighted by molar-refractivity contribution is 0.189. The van der Waals surface area contributed by atoms with Crippen molar-refractivity contribution < 1.29 is 14.3 Å². The molecular weight excluding hydrogens is 232 g/mol. The molecule has 1 fully saturated rings. The predicted molar refractivity (Wildman–Crippen MR) is 69.0 cm³/mol. The van der Waals surface area contributed by atoms with Crippen molar-refractivity contribution in [1.82, 2.24) is 5.32 Å². The predicted octanol–water partition coefficient (Wildman–Crippen LogP) is 2.00. The van der Waals surface area contributed by atoms with E-state index in [4.69, 9.17) is 9.47 Å². The highest BCUT2D eigenvalue weighted by Crippen LogP contribution is 2.23. The van der Waals surface area contributed by atoms with Gasteiger partial charge in [0.25, 0.3) is 0 Å². The number of rotatable bonds is 4. The minimum Gasteiger partial charge on any atom is -0.492 e. The molecule has 2 amide bonds. The Morgan fingerprint density at radius 1 is 1.50 bits per heavy atom. The van der Waals surface area contributed by atoms with E-state index in [2.05, 4.69) is 10.6 Å². The Labute approximate surface area is 106 Å².